The third-order valence-electron chi connectivity index (χ3n) is 5.55. The molecule has 6 nitrogen and oxygen atoms in total. The summed E-state index contributed by atoms with van der Waals surface area (Å²) in [6, 6.07) is 13.1. The molecule has 32 heavy (non-hydrogen) atoms. The Morgan fingerprint density at radius 3 is 2.81 bits per heavy atom. The molecule has 164 valence electrons. The summed E-state index contributed by atoms with van der Waals surface area (Å²) in [7, 11) is 0. The van der Waals surface area contributed by atoms with Crippen LogP contribution < -0.4 is 10.9 Å². The van der Waals surface area contributed by atoms with Crippen molar-refractivity contribution < 1.29 is 9.21 Å². The first-order valence-corrected chi connectivity index (χ1v) is 12.5. The van der Waals surface area contributed by atoms with Gasteiger partial charge in [-0.2, -0.15) is 0 Å². The van der Waals surface area contributed by atoms with E-state index in [0.717, 1.165) is 35.2 Å². The molecule has 0 radical (unpaired) electrons. The molecule has 0 atom stereocenters. The molecule has 1 amide bonds. The molecule has 4 aromatic rings. The molecule has 5 rings (SSSR count). The van der Waals surface area contributed by atoms with Crippen molar-refractivity contribution in [1.82, 2.24) is 9.55 Å². The molecular weight excluding hydrogens is 442 g/mol. The number of nitrogens with one attached hydrogen (secondary N) is 1. The van der Waals surface area contributed by atoms with Gasteiger partial charge in [0.1, 0.15) is 10.6 Å². The Hall–Kier alpha value is -2.84. The Morgan fingerprint density at radius 2 is 2.00 bits per heavy atom. The molecule has 0 bridgehead atoms. The van der Waals surface area contributed by atoms with Gasteiger partial charge >= 0.3 is 0 Å². The lowest BCUT2D eigenvalue weighted by molar-refractivity contribution is -0.115. The van der Waals surface area contributed by atoms with Gasteiger partial charge in [0.15, 0.2) is 5.16 Å². The summed E-state index contributed by atoms with van der Waals surface area (Å²) in [6.45, 7) is 0.331. The van der Waals surface area contributed by atoms with E-state index in [-0.39, 0.29) is 11.5 Å². The normalized spacial score (nSPS) is 13.2. The molecule has 0 fully saturated rings. The number of nitrogens with zero attached hydrogens (tertiary/aromatic N) is 2. The molecule has 0 saturated carbocycles. The lowest BCUT2D eigenvalue weighted by atomic mass is 9.97. The zero-order valence-corrected chi connectivity index (χ0v) is 19.1. The first-order chi connectivity index (χ1) is 15.7. The van der Waals surface area contributed by atoms with Crippen LogP contribution in [0.3, 0.4) is 0 Å². The smallest absolute Gasteiger partial charge is 0.263 e. The molecule has 1 N–H and O–H groups in total. The summed E-state index contributed by atoms with van der Waals surface area (Å²) in [5, 5.41) is 4.29. The van der Waals surface area contributed by atoms with Crippen LogP contribution in [0, 0.1) is 0 Å². The number of hydrogen-bond donors (Lipinski definition) is 1. The number of furan rings is 1. The zero-order valence-electron chi connectivity index (χ0n) is 17.5. The van der Waals surface area contributed by atoms with Crippen LogP contribution in [0.2, 0.25) is 0 Å². The van der Waals surface area contributed by atoms with Crippen LogP contribution in [0.4, 0.5) is 5.69 Å². The number of amides is 1. The van der Waals surface area contributed by atoms with Gasteiger partial charge in [-0.3, -0.25) is 14.2 Å². The van der Waals surface area contributed by atoms with Crippen LogP contribution in [0.25, 0.3) is 10.2 Å². The number of benzene rings is 1. The topological polar surface area (TPSA) is 77.1 Å². The SMILES string of the molecule is O=C(CCSc1nc2sc3c(c2c(=O)n1Cc1ccco1)CCCC3)Nc1ccccc1. The largest absolute Gasteiger partial charge is 0.467 e. The van der Waals surface area contributed by atoms with Crippen molar-refractivity contribution in [1.29, 1.82) is 0 Å². The van der Waals surface area contributed by atoms with Gasteiger partial charge < -0.3 is 9.73 Å². The third-order valence-corrected chi connectivity index (χ3v) is 7.72. The van der Waals surface area contributed by atoms with Crippen LogP contribution in [0.1, 0.15) is 35.5 Å². The number of para-hydroxylation sites is 1. The average Bonchev–Trinajstić information content (AvgIpc) is 3.44. The first-order valence-electron chi connectivity index (χ1n) is 10.7. The van der Waals surface area contributed by atoms with E-state index < -0.39 is 0 Å². The van der Waals surface area contributed by atoms with E-state index in [1.807, 2.05) is 42.5 Å². The minimum Gasteiger partial charge on any atom is -0.467 e. The minimum absolute atomic E-state index is 0.0120. The Kier molecular flexibility index (Phi) is 6.14. The van der Waals surface area contributed by atoms with Gasteiger partial charge in [-0.05, 0) is 55.5 Å². The molecule has 8 heteroatoms. The number of aromatic nitrogens is 2. The molecule has 0 aliphatic heterocycles. The van der Waals surface area contributed by atoms with Crippen LogP contribution in [-0.2, 0) is 24.2 Å². The summed E-state index contributed by atoms with van der Waals surface area (Å²) >= 11 is 3.08. The van der Waals surface area contributed by atoms with E-state index >= 15 is 0 Å². The number of thioether (sulfide) groups is 1. The van der Waals surface area contributed by atoms with Crippen LogP contribution in [0.5, 0.6) is 0 Å². The van der Waals surface area contributed by atoms with Crippen molar-refractivity contribution >= 4 is 44.9 Å². The predicted molar refractivity (Wildman–Crippen MR) is 129 cm³/mol. The Labute approximate surface area is 193 Å². The number of carbonyl (C=O) groups is 1. The van der Waals surface area contributed by atoms with Gasteiger partial charge in [0.05, 0.1) is 18.2 Å². The van der Waals surface area contributed by atoms with Gasteiger partial charge in [0, 0.05) is 22.7 Å². The van der Waals surface area contributed by atoms with Crippen molar-refractivity contribution in [3.63, 3.8) is 0 Å². The maximum absolute atomic E-state index is 13.5. The van der Waals surface area contributed by atoms with Crippen molar-refractivity contribution in [2.24, 2.45) is 0 Å². The van der Waals surface area contributed by atoms with E-state index in [9.17, 15) is 9.59 Å². The average molecular weight is 466 g/mol. The van der Waals surface area contributed by atoms with Gasteiger partial charge in [-0.25, -0.2) is 4.98 Å². The highest BCUT2D eigenvalue weighted by Gasteiger charge is 2.22. The number of fused-ring (bicyclic) bond motifs is 3. The Balaban J connectivity index is 1.40. The van der Waals surface area contributed by atoms with Crippen molar-refractivity contribution in [3.8, 4) is 0 Å². The Morgan fingerprint density at radius 1 is 1.16 bits per heavy atom. The van der Waals surface area contributed by atoms with E-state index in [1.165, 1.54) is 28.6 Å². The fraction of sp³-hybridized carbons (Fsp3) is 0.292. The lowest BCUT2D eigenvalue weighted by Gasteiger charge is -2.13. The fourth-order valence-corrected chi connectivity index (χ4v) is 6.25. The number of carbonyl (C=O) groups excluding carboxylic acids is 1. The molecule has 3 aromatic heterocycles. The highest BCUT2D eigenvalue weighted by Crippen LogP contribution is 2.35. The summed E-state index contributed by atoms with van der Waals surface area (Å²) in [4.78, 5) is 32.9. The fourth-order valence-electron chi connectivity index (χ4n) is 4.01. The van der Waals surface area contributed by atoms with Crippen LogP contribution in [-0.4, -0.2) is 21.2 Å². The number of anilines is 1. The highest BCUT2D eigenvalue weighted by molar-refractivity contribution is 7.99. The predicted octanol–water partition coefficient (Wildman–Crippen LogP) is 5.10. The number of aryl methyl sites for hydroxylation is 2. The minimum atomic E-state index is -0.0590. The lowest BCUT2D eigenvalue weighted by Crippen LogP contribution is -2.24. The van der Waals surface area contributed by atoms with Gasteiger partial charge in [-0.1, -0.05) is 30.0 Å². The second kappa shape index (κ2) is 9.34. The van der Waals surface area contributed by atoms with E-state index in [1.54, 1.807) is 22.2 Å². The molecule has 1 aromatic carbocycles. The van der Waals surface area contributed by atoms with Crippen LogP contribution in [0.15, 0.2) is 63.1 Å². The first kappa shape index (κ1) is 21.0. The van der Waals surface area contributed by atoms with Crippen molar-refractivity contribution in [2.45, 2.75) is 43.8 Å². The van der Waals surface area contributed by atoms with E-state index in [0.29, 0.717) is 29.6 Å². The van der Waals surface area contributed by atoms with Crippen molar-refractivity contribution in [3.05, 3.63) is 75.3 Å². The van der Waals surface area contributed by atoms with Crippen LogP contribution >= 0.6 is 23.1 Å². The molecule has 0 saturated heterocycles. The Bertz CT molecular complexity index is 1290. The summed E-state index contributed by atoms with van der Waals surface area (Å²) in [5.74, 6) is 1.18. The molecule has 0 spiro atoms. The standard InChI is InChI=1S/C24H23N3O3S2/c28-20(25-16-7-2-1-3-8-16)12-14-31-24-26-22-21(18-10-4-5-11-19(18)32-22)23(29)27(24)15-17-9-6-13-30-17/h1-3,6-9,13H,4-5,10-12,14-15H2,(H,25,28). The number of hydrogen-bond acceptors (Lipinski definition) is 6. The summed E-state index contributed by atoms with van der Waals surface area (Å²) < 4.78 is 7.20. The monoisotopic (exact) mass is 465 g/mol. The molecular formula is C24H23N3O3S2. The molecule has 3 heterocycles. The van der Waals surface area contributed by atoms with Gasteiger partial charge in [-0.15, -0.1) is 11.3 Å². The second-order valence-corrected chi connectivity index (χ2v) is 9.91. The number of thiophene rings is 1. The van der Waals surface area contributed by atoms with E-state index in [2.05, 4.69) is 5.32 Å². The zero-order chi connectivity index (χ0) is 21.9. The maximum Gasteiger partial charge on any atom is 0.263 e. The molecule has 1 aliphatic carbocycles. The number of rotatable bonds is 7. The highest BCUT2D eigenvalue weighted by atomic mass is 32.2. The van der Waals surface area contributed by atoms with Gasteiger partial charge in [0.25, 0.3) is 5.56 Å². The van der Waals surface area contributed by atoms with Gasteiger partial charge in [0.2, 0.25) is 5.91 Å². The molecule has 1 aliphatic rings. The third kappa shape index (κ3) is 4.38. The summed E-state index contributed by atoms with van der Waals surface area (Å²) in [6.07, 6.45) is 6.19. The summed E-state index contributed by atoms with van der Waals surface area (Å²) in [5.41, 5.74) is 1.95. The molecule has 0 unspecified atom stereocenters. The maximum atomic E-state index is 13.5. The quantitative estimate of drug-likeness (QED) is 0.304. The second-order valence-electron chi connectivity index (χ2n) is 7.77. The van der Waals surface area contributed by atoms with E-state index in [4.69, 9.17) is 9.40 Å². The van der Waals surface area contributed by atoms with Crippen molar-refractivity contribution in [2.75, 3.05) is 11.1 Å².